The van der Waals surface area contributed by atoms with E-state index in [4.69, 9.17) is 0 Å². The molecule has 0 atom stereocenters. The third kappa shape index (κ3) is 4.83. The molecule has 0 saturated heterocycles. The lowest BCUT2D eigenvalue weighted by molar-refractivity contribution is 0.101. The molecule has 0 unspecified atom stereocenters. The number of ketones is 2. The van der Waals surface area contributed by atoms with Crippen molar-refractivity contribution in [3.05, 3.63) is 63.9 Å². The van der Waals surface area contributed by atoms with E-state index in [2.05, 4.69) is 15.9 Å². The van der Waals surface area contributed by atoms with Gasteiger partial charge in [0.05, 0.1) is 17.0 Å². The number of carbonyl (C=O) groups is 2. The van der Waals surface area contributed by atoms with Crippen LogP contribution in [0.15, 0.2) is 56.9 Å². The molecule has 0 N–H and O–H groups in total. The maximum Gasteiger partial charge on any atom is 0.211 e. The molecule has 3 rings (SSSR count). The van der Waals surface area contributed by atoms with Gasteiger partial charge in [0.25, 0.3) is 0 Å². The lowest BCUT2D eigenvalue weighted by Crippen LogP contribution is -2.17. The molecule has 10 heteroatoms. The van der Waals surface area contributed by atoms with Crippen LogP contribution in [0.3, 0.4) is 0 Å². The number of hydrogen-bond donors (Lipinski definition) is 0. The van der Waals surface area contributed by atoms with Crippen molar-refractivity contribution < 1.29 is 26.4 Å². The zero-order valence-electron chi connectivity index (χ0n) is 18.5. The van der Waals surface area contributed by atoms with Crippen molar-refractivity contribution in [1.29, 1.82) is 0 Å². The highest BCUT2D eigenvalue weighted by Gasteiger charge is 2.37. The van der Waals surface area contributed by atoms with E-state index in [9.17, 15) is 26.4 Å². The Kier molecular flexibility index (Phi) is 7.30. The van der Waals surface area contributed by atoms with Crippen LogP contribution in [0.5, 0.6) is 0 Å². The number of benzene rings is 1. The number of hydrogen-bond acceptors (Lipinski definition) is 6. The number of rotatable bonds is 9. The first kappa shape index (κ1) is 25.3. The first-order valence-electron chi connectivity index (χ1n) is 10.4. The van der Waals surface area contributed by atoms with Crippen molar-refractivity contribution >= 4 is 52.7 Å². The van der Waals surface area contributed by atoms with Gasteiger partial charge in [0.15, 0.2) is 25.5 Å². The van der Waals surface area contributed by atoms with Gasteiger partial charge in [-0.25, -0.2) is 16.8 Å². The van der Waals surface area contributed by atoms with E-state index in [0.29, 0.717) is 0 Å². The summed E-state index contributed by atoms with van der Waals surface area (Å²) in [4.78, 5) is 24.8. The van der Waals surface area contributed by atoms with E-state index in [0.717, 1.165) is 4.47 Å². The van der Waals surface area contributed by atoms with Crippen LogP contribution in [0.1, 0.15) is 60.0 Å². The normalized spacial score (nSPS) is 12.2. The molecule has 0 aliphatic heterocycles. The summed E-state index contributed by atoms with van der Waals surface area (Å²) in [6, 6.07) is 9.15. The minimum Gasteiger partial charge on any atom is -0.310 e. The zero-order valence-corrected chi connectivity index (χ0v) is 21.7. The van der Waals surface area contributed by atoms with Crippen molar-refractivity contribution in [2.45, 2.75) is 43.4 Å². The predicted octanol–water partition coefficient (Wildman–Crippen LogP) is 4.50. The van der Waals surface area contributed by atoms with Crippen LogP contribution in [-0.4, -0.2) is 44.3 Å². The van der Waals surface area contributed by atoms with Crippen LogP contribution in [0, 0.1) is 0 Å². The van der Waals surface area contributed by atoms with E-state index >= 15 is 0 Å². The standard InChI is InChI=1S/C23H24BrNO6S2/c1-4-12-32(28,29)22-19-11-8-17(15(3)26)14-25(19)20(23(22)33(30,31)13-5-2)21(27)16-6-9-18(24)10-7-16/h6-11,14H,4-5,12-13H2,1-3H3. The second-order valence-electron chi connectivity index (χ2n) is 7.71. The Morgan fingerprint density at radius 1 is 0.818 bits per heavy atom. The molecule has 0 bridgehead atoms. The maximum atomic E-state index is 13.6. The summed E-state index contributed by atoms with van der Waals surface area (Å²) in [6.45, 7) is 4.68. The van der Waals surface area contributed by atoms with Crippen molar-refractivity contribution in [2.24, 2.45) is 0 Å². The van der Waals surface area contributed by atoms with Gasteiger partial charge in [0.1, 0.15) is 15.5 Å². The highest BCUT2D eigenvalue weighted by Crippen LogP contribution is 2.36. The molecular formula is C23H24BrNO6S2. The largest absolute Gasteiger partial charge is 0.310 e. The predicted molar refractivity (Wildman–Crippen MR) is 130 cm³/mol. The fourth-order valence-corrected chi connectivity index (χ4v) is 7.94. The minimum atomic E-state index is -4.14. The number of aromatic nitrogens is 1. The molecule has 0 spiro atoms. The van der Waals surface area contributed by atoms with Gasteiger partial charge in [-0.2, -0.15) is 0 Å². The molecule has 0 aliphatic rings. The van der Waals surface area contributed by atoms with Crippen LogP contribution in [0.4, 0.5) is 0 Å². The van der Waals surface area contributed by atoms with Crippen LogP contribution in [0.2, 0.25) is 0 Å². The quantitative estimate of drug-likeness (QED) is 0.361. The van der Waals surface area contributed by atoms with E-state index in [-0.39, 0.29) is 57.4 Å². The summed E-state index contributed by atoms with van der Waals surface area (Å²) in [7, 11) is -8.19. The second kappa shape index (κ2) is 9.52. The van der Waals surface area contributed by atoms with Crippen molar-refractivity contribution in [2.75, 3.05) is 11.5 Å². The minimum absolute atomic E-state index is 0.0589. The molecule has 2 aromatic heterocycles. The van der Waals surface area contributed by atoms with Crippen molar-refractivity contribution in [3.8, 4) is 0 Å². The van der Waals surface area contributed by atoms with E-state index < -0.39 is 30.4 Å². The number of carbonyl (C=O) groups excluding carboxylic acids is 2. The third-order valence-electron chi connectivity index (χ3n) is 5.14. The van der Waals surface area contributed by atoms with Gasteiger partial charge < -0.3 is 4.40 Å². The Balaban J connectivity index is 2.56. The molecule has 0 amide bonds. The fourth-order valence-electron chi connectivity index (χ4n) is 3.69. The summed E-state index contributed by atoms with van der Waals surface area (Å²) in [5.41, 5.74) is 0.196. The third-order valence-corrected chi connectivity index (χ3v) is 9.74. The van der Waals surface area contributed by atoms with Gasteiger partial charge in [-0.3, -0.25) is 9.59 Å². The van der Waals surface area contributed by atoms with Gasteiger partial charge in [-0.15, -0.1) is 0 Å². The van der Waals surface area contributed by atoms with Gasteiger partial charge in [0.2, 0.25) is 5.78 Å². The number of fused-ring (bicyclic) bond motifs is 1. The number of sulfone groups is 2. The number of halogens is 1. The molecule has 1 aromatic carbocycles. The molecule has 2 heterocycles. The highest BCUT2D eigenvalue weighted by molar-refractivity contribution is 9.10. The molecule has 0 fully saturated rings. The Hall–Kier alpha value is -2.30. The van der Waals surface area contributed by atoms with Crippen LogP contribution in [-0.2, 0) is 19.7 Å². The average Bonchev–Trinajstić information content (AvgIpc) is 3.10. The first-order chi connectivity index (χ1) is 15.4. The molecule has 3 aromatic rings. The summed E-state index contributed by atoms with van der Waals surface area (Å²) < 4.78 is 55.3. The maximum absolute atomic E-state index is 13.6. The van der Waals surface area contributed by atoms with Gasteiger partial charge in [0, 0.05) is 21.8 Å². The number of Topliss-reactive ketones (excluding diaryl/α,β-unsaturated/α-hetero) is 1. The molecule has 0 saturated carbocycles. The van der Waals surface area contributed by atoms with E-state index in [1.54, 1.807) is 26.0 Å². The smallest absolute Gasteiger partial charge is 0.211 e. The molecule has 176 valence electrons. The second-order valence-corrected chi connectivity index (χ2v) is 12.7. The lowest BCUT2D eigenvalue weighted by Gasteiger charge is -2.09. The monoisotopic (exact) mass is 553 g/mol. The first-order valence-corrected chi connectivity index (χ1v) is 14.5. The summed E-state index contributed by atoms with van der Waals surface area (Å²) in [5.74, 6) is -1.55. The summed E-state index contributed by atoms with van der Waals surface area (Å²) >= 11 is 3.30. The van der Waals surface area contributed by atoms with Crippen LogP contribution < -0.4 is 0 Å². The van der Waals surface area contributed by atoms with Crippen LogP contribution >= 0.6 is 15.9 Å². The van der Waals surface area contributed by atoms with Crippen LogP contribution in [0.25, 0.3) is 5.52 Å². The van der Waals surface area contributed by atoms with E-state index in [1.165, 1.54) is 41.8 Å². The lowest BCUT2D eigenvalue weighted by atomic mass is 10.1. The summed E-state index contributed by atoms with van der Waals surface area (Å²) in [6.07, 6.45) is 1.85. The Morgan fingerprint density at radius 2 is 1.33 bits per heavy atom. The Labute approximate surface area is 201 Å². The Bertz CT molecular complexity index is 1450. The van der Waals surface area contributed by atoms with Gasteiger partial charge >= 0.3 is 0 Å². The molecular weight excluding hydrogens is 530 g/mol. The number of pyridine rings is 1. The fraction of sp³-hybridized carbons (Fsp3) is 0.304. The SMILES string of the molecule is CCCS(=O)(=O)c1c(S(=O)(=O)CCC)c2ccc(C(C)=O)cn2c1C(=O)c1ccc(Br)cc1. The molecule has 7 nitrogen and oxygen atoms in total. The van der Waals surface area contributed by atoms with Crippen molar-refractivity contribution in [1.82, 2.24) is 4.40 Å². The highest BCUT2D eigenvalue weighted by atomic mass is 79.9. The molecule has 0 radical (unpaired) electrons. The number of nitrogens with zero attached hydrogens (tertiary/aromatic N) is 1. The van der Waals surface area contributed by atoms with Gasteiger partial charge in [-0.1, -0.05) is 29.8 Å². The molecule has 0 aliphatic carbocycles. The van der Waals surface area contributed by atoms with Crippen molar-refractivity contribution in [3.63, 3.8) is 0 Å². The summed E-state index contributed by atoms with van der Waals surface area (Å²) in [5, 5.41) is 0. The topological polar surface area (TPSA) is 107 Å². The van der Waals surface area contributed by atoms with E-state index in [1.807, 2.05) is 0 Å². The molecule has 33 heavy (non-hydrogen) atoms. The Morgan fingerprint density at radius 3 is 1.85 bits per heavy atom. The zero-order chi connectivity index (χ0) is 24.6. The van der Waals surface area contributed by atoms with Gasteiger partial charge in [-0.05, 0) is 56.2 Å². The average molecular weight is 554 g/mol.